The van der Waals surface area contributed by atoms with Crippen LogP contribution < -0.4 is 30.0 Å². The number of amides is 1. The van der Waals surface area contributed by atoms with Gasteiger partial charge in [-0.05, 0) is 116 Å². The Morgan fingerprint density at radius 2 is 0.831 bits per heavy atom. The van der Waals surface area contributed by atoms with Crippen molar-refractivity contribution in [2.75, 3.05) is 13.1 Å². The first-order valence-electron chi connectivity index (χ1n) is 22.8. The van der Waals surface area contributed by atoms with Crippen LogP contribution in [0.15, 0.2) is 183 Å². The largest absolute Gasteiger partial charge is 0.482 e. The van der Waals surface area contributed by atoms with Crippen molar-refractivity contribution in [1.82, 2.24) is 25.3 Å². The quantitative estimate of drug-likeness (QED) is 0.0630. The van der Waals surface area contributed by atoms with E-state index in [4.69, 9.17) is 24.7 Å². The SMILES string of the molecule is NCC(Cc1ccc(I)cc1)c1ncnc(OCc2ccccc2)c1OCc1ccccc1.O=C(NCC(Cc1ccc(I)cc1)c1ncnc(OCc2ccccc2)c1OCc1ccccc1)C(F)F. The van der Waals surface area contributed by atoms with E-state index in [0.717, 1.165) is 43.5 Å². The molecule has 1 amide bonds. The van der Waals surface area contributed by atoms with Gasteiger partial charge in [0.05, 0.1) is 11.4 Å². The fourth-order valence-electron chi connectivity index (χ4n) is 7.38. The second-order valence-corrected chi connectivity index (χ2v) is 18.7. The molecule has 0 saturated heterocycles. The number of nitrogens with zero attached hydrogens (tertiary/aromatic N) is 4. The van der Waals surface area contributed by atoms with E-state index < -0.39 is 18.3 Å². The van der Waals surface area contributed by atoms with Crippen LogP contribution in [0.3, 0.4) is 0 Å². The lowest BCUT2D eigenvalue weighted by Gasteiger charge is -2.22. The highest BCUT2D eigenvalue weighted by Gasteiger charge is 2.27. The van der Waals surface area contributed by atoms with Crippen LogP contribution >= 0.6 is 45.2 Å². The minimum atomic E-state index is -3.11. The lowest BCUT2D eigenvalue weighted by molar-refractivity contribution is -0.131. The molecule has 15 heteroatoms. The van der Waals surface area contributed by atoms with Gasteiger partial charge >= 0.3 is 6.43 Å². The molecule has 0 aliphatic rings. The zero-order valence-corrected chi connectivity index (χ0v) is 42.9. The molecule has 0 bridgehead atoms. The number of carbonyl (C=O) groups is 1. The van der Waals surface area contributed by atoms with E-state index in [2.05, 4.69) is 94.7 Å². The monoisotopic (exact) mass is 1180 g/mol. The van der Waals surface area contributed by atoms with Crippen molar-refractivity contribution in [1.29, 1.82) is 0 Å². The van der Waals surface area contributed by atoms with Crippen molar-refractivity contribution in [3.8, 4) is 23.3 Å². The molecule has 0 fully saturated rings. The number of nitrogens with one attached hydrogen (secondary N) is 1. The van der Waals surface area contributed by atoms with Crippen molar-refractivity contribution in [2.24, 2.45) is 5.73 Å². The van der Waals surface area contributed by atoms with Gasteiger partial charge < -0.3 is 30.0 Å². The molecule has 3 N–H and O–H groups in total. The number of hydrogen-bond donors (Lipinski definition) is 2. The summed E-state index contributed by atoms with van der Waals surface area (Å²) in [5.74, 6) is -0.307. The molecule has 8 rings (SSSR count). The van der Waals surface area contributed by atoms with E-state index in [9.17, 15) is 13.6 Å². The molecule has 2 unspecified atom stereocenters. The van der Waals surface area contributed by atoms with Gasteiger partial charge in [0.15, 0.2) is 0 Å². The third kappa shape index (κ3) is 16.5. The summed E-state index contributed by atoms with van der Waals surface area (Å²) in [6, 6.07) is 55.6. The molecular formula is C56H52F2I2N6O5. The van der Waals surface area contributed by atoms with Crippen LogP contribution in [0.1, 0.15) is 56.6 Å². The van der Waals surface area contributed by atoms with Gasteiger partial charge in [-0.2, -0.15) is 18.7 Å². The van der Waals surface area contributed by atoms with Gasteiger partial charge in [-0.15, -0.1) is 0 Å². The number of halogens is 4. The first-order chi connectivity index (χ1) is 34.7. The van der Waals surface area contributed by atoms with Crippen LogP contribution in [0.5, 0.6) is 23.3 Å². The van der Waals surface area contributed by atoms with E-state index >= 15 is 0 Å². The summed E-state index contributed by atoms with van der Waals surface area (Å²) in [7, 11) is 0. The third-order valence-electron chi connectivity index (χ3n) is 11.1. The second kappa shape index (κ2) is 27.7. The van der Waals surface area contributed by atoms with Gasteiger partial charge in [0, 0.05) is 32.1 Å². The van der Waals surface area contributed by atoms with Crippen LogP contribution in [-0.4, -0.2) is 45.4 Å². The summed E-state index contributed by atoms with van der Waals surface area (Å²) in [4.78, 5) is 29.6. The molecule has 0 saturated carbocycles. The molecule has 8 aromatic rings. The van der Waals surface area contributed by atoms with Gasteiger partial charge in [-0.1, -0.05) is 146 Å². The van der Waals surface area contributed by atoms with Crippen LogP contribution in [0, 0.1) is 7.14 Å². The third-order valence-corrected chi connectivity index (χ3v) is 12.5. The average molecular weight is 1180 g/mol. The molecule has 2 heterocycles. The lowest BCUT2D eigenvalue weighted by atomic mass is 9.95. The van der Waals surface area contributed by atoms with Crippen molar-refractivity contribution in [3.05, 3.63) is 234 Å². The van der Waals surface area contributed by atoms with Crippen molar-refractivity contribution in [3.63, 3.8) is 0 Å². The Bertz CT molecular complexity index is 2840. The molecular weight excluding hydrogens is 1130 g/mol. The van der Waals surface area contributed by atoms with E-state index in [1.165, 1.54) is 21.8 Å². The lowest BCUT2D eigenvalue weighted by Crippen LogP contribution is -2.34. The molecule has 2 atom stereocenters. The fourth-order valence-corrected chi connectivity index (χ4v) is 8.10. The van der Waals surface area contributed by atoms with Gasteiger partial charge in [0.2, 0.25) is 11.5 Å². The summed E-state index contributed by atoms with van der Waals surface area (Å²) < 4.78 is 52.9. The van der Waals surface area contributed by atoms with Gasteiger partial charge in [-0.3, -0.25) is 4.79 Å². The molecule has 0 spiro atoms. The first-order valence-corrected chi connectivity index (χ1v) is 25.0. The molecule has 11 nitrogen and oxygen atoms in total. The Labute approximate surface area is 439 Å². The van der Waals surface area contributed by atoms with Crippen LogP contribution in [-0.2, 0) is 44.1 Å². The van der Waals surface area contributed by atoms with Crippen LogP contribution in [0.2, 0.25) is 0 Å². The highest BCUT2D eigenvalue weighted by Crippen LogP contribution is 2.37. The van der Waals surface area contributed by atoms with Crippen molar-refractivity contribution < 1.29 is 32.5 Å². The smallest absolute Gasteiger partial charge is 0.315 e. The standard InChI is InChI=1S/C29H26F2IN3O3.C27H26IN3O2/c30-27(31)28(36)33-16-23(15-20-11-13-24(32)14-12-20)25-26(37-17-21-7-3-1-4-8-21)29(35-19-34-25)38-18-22-9-5-2-6-10-22;28-24-13-11-20(12-14-24)15-23(16-29)25-26(32-17-21-7-3-1-4-8-21)27(31-19-30-25)33-18-22-9-5-2-6-10-22/h1-14,19,23,27H,15-18H2,(H,33,36);1-14,19,23H,15-18,29H2. The zero-order chi connectivity index (χ0) is 49.6. The maximum atomic E-state index is 13.0. The van der Waals surface area contributed by atoms with Crippen LogP contribution in [0.25, 0.3) is 0 Å². The Kier molecular flexibility index (Phi) is 20.4. The summed E-state index contributed by atoms with van der Waals surface area (Å²) in [6.07, 6.45) is 0.960. The molecule has 0 radical (unpaired) electrons. The Hall–Kier alpha value is -6.57. The minimum Gasteiger partial charge on any atom is -0.482 e. The number of alkyl halides is 2. The number of ether oxygens (including phenoxy) is 4. The first kappa shape index (κ1) is 52.3. The Balaban J connectivity index is 0.000000211. The van der Waals surface area contributed by atoms with Crippen molar-refractivity contribution in [2.45, 2.75) is 57.5 Å². The maximum absolute atomic E-state index is 13.0. The summed E-state index contributed by atoms with van der Waals surface area (Å²) >= 11 is 4.53. The number of benzene rings is 6. The zero-order valence-electron chi connectivity index (χ0n) is 38.6. The number of nitrogens with two attached hydrogens (primary N) is 1. The normalized spacial score (nSPS) is 11.7. The van der Waals surface area contributed by atoms with Crippen LogP contribution in [0.4, 0.5) is 8.78 Å². The van der Waals surface area contributed by atoms with Gasteiger partial charge in [0.1, 0.15) is 39.1 Å². The predicted octanol–water partition coefficient (Wildman–Crippen LogP) is 11.5. The molecule has 2 aromatic heterocycles. The Morgan fingerprint density at radius 1 is 0.479 bits per heavy atom. The summed E-state index contributed by atoms with van der Waals surface area (Å²) in [5.41, 5.74) is 13.6. The number of rotatable bonds is 22. The molecule has 0 aliphatic heterocycles. The predicted molar refractivity (Wildman–Crippen MR) is 286 cm³/mol. The summed E-state index contributed by atoms with van der Waals surface area (Å²) in [6.45, 7) is 1.63. The fraction of sp³-hybridized carbons (Fsp3) is 0.196. The maximum Gasteiger partial charge on any atom is 0.315 e. The topological polar surface area (TPSA) is 144 Å². The molecule has 71 heavy (non-hydrogen) atoms. The number of carbonyl (C=O) groups excluding carboxylic acids is 1. The highest BCUT2D eigenvalue weighted by molar-refractivity contribution is 14.1. The minimum absolute atomic E-state index is 0.0297. The average Bonchev–Trinajstić information content (AvgIpc) is 3.41. The molecule has 0 aliphatic carbocycles. The molecule has 6 aromatic carbocycles. The van der Waals surface area contributed by atoms with E-state index in [-0.39, 0.29) is 31.6 Å². The van der Waals surface area contributed by atoms with Gasteiger partial charge in [-0.25, -0.2) is 9.97 Å². The number of hydrogen-bond acceptors (Lipinski definition) is 10. The van der Waals surface area contributed by atoms with Crippen molar-refractivity contribution >= 4 is 51.1 Å². The number of aromatic nitrogens is 4. The van der Waals surface area contributed by atoms with E-state index in [0.29, 0.717) is 49.3 Å². The van der Waals surface area contributed by atoms with E-state index in [1.54, 1.807) is 0 Å². The summed E-state index contributed by atoms with van der Waals surface area (Å²) in [5, 5.41) is 2.34. The van der Waals surface area contributed by atoms with Gasteiger partial charge in [0.25, 0.3) is 17.7 Å². The highest BCUT2D eigenvalue weighted by atomic mass is 127. The Morgan fingerprint density at radius 3 is 1.20 bits per heavy atom. The molecule has 364 valence electrons. The van der Waals surface area contributed by atoms with E-state index in [1.807, 2.05) is 146 Å². The second-order valence-electron chi connectivity index (χ2n) is 16.2.